The summed E-state index contributed by atoms with van der Waals surface area (Å²) in [5, 5.41) is 17.9. The molecular formula is C18H22N2O5. The van der Waals surface area contributed by atoms with Crippen LogP contribution in [0.1, 0.15) is 23.7 Å². The van der Waals surface area contributed by atoms with E-state index >= 15 is 0 Å². The first-order chi connectivity index (χ1) is 12.2. The second-order valence-electron chi connectivity index (χ2n) is 5.37. The molecule has 1 atom stereocenters. The van der Waals surface area contributed by atoms with Gasteiger partial charge in [-0.1, -0.05) is 12.1 Å². The van der Waals surface area contributed by atoms with E-state index in [0.29, 0.717) is 25.4 Å². The van der Waals surface area contributed by atoms with Crippen LogP contribution in [0.3, 0.4) is 0 Å². The Labute approximate surface area is 146 Å². The molecule has 0 saturated heterocycles. The Kier molecular flexibility index (Phi) is 7.34. The Morgan fingerprint density at radius 2 is 2.00 bits per heavy atom. The Bertz CT molecular complexity index is 675. The number of aliphatic hydroxyl groups is 1. The van der Waals surface area contributed by atoms with Crippen LogP contribution in [0.15, 0.2) is 42.6 Å². The van der Waals surface area contributed by atoms with Crippen LogP contribution >= 0.6 is 0 Å². The van der Waals surface area contributed by atoms with Gasteiger partial charge in [0.15, 0.2) is 0 Å². The van der Waals surface area contributed by atoms with Crippen molar-refractivity contribution >= 4 is 5.91 Å². The monoisotopic (exact) mass is 346 g/mol. The van der Waals surface area contributed by atoms with Crippen molar-refractivity contribution in [3.05, 3.63) is 59.4 Å². The molecule has 1 amide bonds. The van der Waals surface area contributed by atoms with E-state index in [1.54, 1.807) is 42.9 Å². The summed E-state index contributed by atoms with van der Waals surface area (Å²) in [6, 6.07) is 10.8. The van der Waals surface area contributed by atoms with Crippen LogP contribution in [0.2, 0.25) is 0 Å². The molecule has 7 nitrogen and oxygen atoms in total. The van der Waals surface area contributed by atoms with Gasteiger partial charge in [0.05, 0.1) is 12.3 Å². The maximum absolute atomic E-state index is 11.5. The minimum Gasteiger partial charge on any atom is -0.487 e. The zero-order valence-electron chi connectivity index (χ0n) is 14.0. The third kappa shape index (κ3) is 5.82. The fourth-order valence-corrected chi connectivity index (χ4v) is 2.30. The Balaban J connectivity index is 1.93. The van der Waals surface area contributed by atoms with Gasteiger partial charge in [-0.3, -0.25) is 15.0 Å². The van der Waals surface area contributed by atoms with Gasteiger partial charge in [0.1, 0.15) is 18.5 Å². The molecule has 3 N–H and O–H groups in total. The maximum atomic E-state index is 11.5. The van der Waals surface area contributed by atoms with E-state index in [2.05, 4.69) is 4.98 Å². The number of carbonyl (C=O) groups is 1. The first-order valence-corrected chi connectivity index (χ1v) is 7.98. The van der Waals surface area contributed by atoms with Crippen molar-refractivity contribution in [2.75, 3.05) is 6.61 Å². The van der Waals surface area contributed by atoms with Gasteiger partial charge in [-0.15, -0.1) is 0 Å². The average Bonchev–Trinajstić information content (AvgIpc) is 2.66. The molecule has 0 spiro atoms. The highest BCUT2D eigenvalue weighted by Crippen LogP contribution is 2.16. The number of carbonyl (C=O) groups excluding carboxylic acids is 1. The zero-order chi connectivity index (χ0) is 18.1. The van der Waals surface area contributed by atoms with Crippen molar-refractivity contribution in [3.8, 4) is 5.75 Å². The van der Waals surface area contributed by atoms with Crippen molar-refractivity contribution < 1.29 is 24.6 Å². The predicted molar refractivity (Wildman–Crippen MR) is 90.0 cm³/mol. The smallest absolute Gasteiger partial charge is 0.272 e. The normalized spacial score (nSPS) is 11.8. The lowest BCUT2D eigenvalue weighted by atomic mass is 10.1. The number of pyridine rings is 1. The SMILES string of the molecule is CCO[C@@H](Cc1ccc(OCc2cc(CO)ccn2)cc1)C(=O)NO. The van der Waals surface area contributed by atoms with Gasteiger partial charge in [0, 0.05) is 19.2 Å². The van der Waals surface area contributed by atoms with Crippen LogP contribution in [0.4, 0.5) is 0 Å². The Hall–Kier alpha value is -2.48. The van der Waals surface area contributed by atoms with Crippen molar-refractivity contribution in [1.82, 2.24) is 10.5 Å². The highest BCUT2D eigenvalue weighted by molar-refractivity contribution is 5.79. The molecule has 0 saturated carbocycles. The quantitative estimate of drug-likeness (QED) is 0.471. The van der Waals surface area contributed by atoms with E-state index in [1.165, 1.54) is 0 Å². The number of aromatic nitrogens is 1. The summed E-state index contributed by atoms with van der Waals surface area (Å²) in [4.78, 5) is 15.7. The predicted octanol–water partition coefficient (Wildman–Crippen LogP) is 1.61. The number of rotatable bonds is 9. The first-order valence-electron chi connectivity index (χ1n) is 7.98. The molecular weight excluding hydrogens is 324 g/mol. The minimum atomic E-state index is -0.743. The fraction of sp³-hybridized carbons (Fsp3) is 0.333. The van der Waals surface area contributed by atoms with Crippen molar-refractivity contribution in [1.29, 1.82) is 0 Å². The lowest BCUT2D eigenvalue weighted by molar-refractivity contribution is -0.141. The summed E-state index contributed by atoms with van der Waals surface area (Å²) in [6.45, 7) is 2.42. The molecule has 0 unspecified atom stereocenters. The summed E-state index contributed by atoms with van der Waals surface area (Å²) in [6.07, 6.45) is 1.24. The topological polar surface area (TPSA) is 101 Å². The third-order valence-electron chi connectivity index (χ3n) is 3.57. The van der Waals surface area contributed by atoms with Crippen LogP contribution in [-0.2, 0) is 29.2 Å². The first kappa shape index (κ1) is 18.9. The molecule has 2 rings (SSSR count). The molecule has 0 bridgehead atoms. The van der Waals surface area contributed by atoms with E-state index in [1.807, 2.05) is 12.1 Å². The van der Waals surface area contributed by atoms with Crippen LogP contribution < -0.4 is 10.2 Å². The molecule has 1 heterocycles. The van der Waals surface area contributed by atoms with Crippen molar-refractivity contribution in [3.63, 3.8) is 0 Å². The molecule has 134 valence electrons. The lowest BCUT2D eigenvalue weighted by Gasteiger charge is -2.15. The largest absolute Gasteiger partial charge is 0.487 e. The minimum absolute atomic E-state index is 0.0351. The number of nitrogens with one attached hydrogen (secondary N) is 1. The van der Waals surface area contributed by atoms with Crippen LogP contribution in [0, 0.1) is 0 Å². The fourth-order valence-electron chi connectivity index (χ4n) is 2.30. The second-order valence-corrected chi connectivity index (χ2v) is 5.37. The molecule has 0 radical (unpaired) electrons. The number of nitrogens with zero attached hydrogens (tertiary/aromatic N) is 1. The number of hydroxylamine groups is 1. The second kappa shape index (κ2) is 9.73. The highest BCUT2D eigenvalue weighted by atomic mass is 16.5. The maximum Gasteiger partial charge on any atom is 0.272 e. The van der Waals surface area contributed by atoms with Gasteiger partial charge in [-0.05, 0) is 42.3 Å². The highest BCUT2D eigenvalue weighted by Gasteiger charge is 2.18. The van der Waals surface area contributed by atoms with Crippen LogP contribution in [0.5, 0.6) is 5.75 Å². The molecule has 25 heavy (non-hydrogen) atoms. The number of benzene rings is 1. The average molecular weight is 346 g/mol. The number of amides is 1. The van der Waals surface area contributed by atoms with Gasteiger partial charge in [0.25, 0.3) is 5.91 Å². The van der Waals surface area contributed by atoms with E-state index in [9.17, 15) is 4.79 Å². The van der Waals surface area contributed by atoms with E-state index in [-0.39, 0.29) is 6.61 Å². The molecule has 0 fully saturated rings. The van der Waals surface area contributed by atoms with E-state index in [0.717, 1.165) is 16.8 Å². The molecule has 7 heteroatoms. The van der Waals surface area contributed by atoms with Crippen LogP contribution in [-0.4, -0.2) is 33.9 Å². The summed E-state index contributed by atoms with van der Waals surface area (Å²) >= 11 is 0. The molecule has 1 aromatic heterocycles. The van der Waals surface area contributed by atoms with Gasteiger partial charge in [-0.2, -0.15) is 0 Å². The molecule has 0 aliphatic carbocycles. The number of hydrogen-bond acceptors (Lipinski definition) is 6. The van der Waals surface area contributed by atoms with Crippen molar-refractivity contribution in [2.24, 2.45) is 0 Å². The Morgan fingerprint density at radius 1 is 1.24 bits per heavy atom. The molecule has 0 aliphatic heterocycles. The van der Waals surface area contributed by atoms with Gasteiger partial charge in [-0.25, -0.2) is 5.48 Å². The third-order valence-corrected chi connectivity index (χ3v) is 3.57. The van der Waals surface area contributed by atoms with Gasteiger partial charge in [0.2, 0.25) is 0 Å². The van der Waals surface area contributed by atoms with Crippen LogP contribution in [0.25, 0.3) is 0 Å². The summed E-state index contributed by atoms with van der Waals surface area (Å²) in [5.41, 5.74) is 4.01. The lowest BCUT2D eigenvalue weighted by Crippen LogP contribution is -2.36. The number of aliphatic hydroxyl groups excluding tert-OH is 1. The Morgan fingerprint density at radius 3 is 2.64 bits per heavy atom. The number of hydrogen-bond donors (Lipinski definition) is 3. The molecule has 2 aromatic rings. The molecule has 1 aromatic carbocycles. The van der Waals surface area contributed by atoms with E-state index < -0.39 is 12.0 Å². The van der Waals surface area contributed by atoms with Gasteiger partial charge >= 0.3 is 0 Å². The summed E-state index contributed by atoms with van der Waals surface area (Å²) in [5.74, 6) is 0.0940. The summed E-state index contributed by atoms with van der Waals surface area (Å²) < 4.78 is 11.0. The van der Waals surface area contributed by atoms with E-state index in [4.69, 9.17) is 19.8 Å². The standard InChI is InChI=1S/C18H22N2O5/c1-2-24-17(18(22)20-23)10-13-3-5-16(6-4-13)25-12-15-9-14(11-21)7-8-19-15/h3-9,17,21,23H,2,10-12H2,1H3,(H,20,22)/t17-/m0/s1. The number of ether oxygens (including phenoxy) is 2. The zero-order valence-corrected chi connectivity index (χ0v) is 14.0. The summed E-state index contributed by atoms with van der Waals surface area (Å²) in [7, 11) is 0. The molecule has 0 aliphatic rings. The van der Waals surface area contributed by atoms with Crippen molar-refractivity contribution in [2.45, 2.75) is 32.7 Å². The van der Waals surface area contributed by atoms with Gasteiger partial charge < -0.3 is 14.6 Å².